The monoisotopic (exact) mass is 1130 g/mol. The van der Waals surface area contributed by atoms with E-state index in [9.17, 15) is 86.8 Å². The van der Waals surface area contributed by atoms with E-state index in [0.29, 0.717) is 63.4 Å². The first-order chi connectivity index (χ1) is 37.0. The molecule has 8 fully saturated rings. The van der Waals surface area contributed by atoms with E-state index >= 15 is 4.79 Å². The van der Waals surface area contributed by atoms with Crippen LogP contribution in [-0.2, 0) is 52.2 Å². The molecular formula is C50H82O28. The van der Waals surface area contributed by atoms with E-state index in [-0.39, 0.29) is 17.8 Å². The van der Waals surface area contributed by atoms with E-state index in [1.54, 1.807) is 6.92 Å². The second-order valence-corrected chi connectivity index (χ2v) is 22.9. The Balaban J connectivity index is 1.01. The van der Waals surface area contributed by atoms with Gasteiger partial charge in [0.15, 0.2) is 31.3 Å². The van der Waals surface area contributed by atoms with Gasteiger partial charge in [-0.25, -0.2) is 0 Å². The number of esters is 1. The SMILES string of the molecule is C=C1CC[C@H]2CCC3[C@](C)(C(=O)OC4OC(CO)C(O)C(OC5OC(CO)C(O)C(O)C5O)C4OC4OC(CO)C(O)C(O)C4O)CCC[C@@]3(C)[C@@H]2CC[C@H]1OC1OC(CO)C(O)C(OC2OC(CO)C(O)C(O)C2O)C1O. The minimum absolute atomic E-state index is 0.0345. The Labute approximate surface area is 449 Å². The third kappa shape index (κ3) is 11.8. The lowest BCUT2D eigenvalue weighted by Crippen LogP contribution is -2.67. The highest BCUT2D eigenvalue weighted by atomic mass is 16.8. The molecule has 17 N–H and O–H groups in total. The summed E-state index contributed by atoms with van der Waals surface area (Å²) in [6.45, 7) is 4.05. The van der Waals surface area contributed by atoms with Crippen LogP contribution in [0.3, 0.4) is 0 Å². The normalized spacial score (nSPS) is 52.3. The highest BCUT2D eigenvalue weighted by molar-refractivity contribution is 5.77. The Hall–Kier alpha value is -1.83. The van der Waals surface area contributed by atoms with Crippen molar-refractivity contribution < 1.29 is 139 Å². The van der Waals surface area contributed by atoms with Gasteiger partial charge in [-0.1, -0.05) is 19.9 Å². The quantitative estimate of drug-likeness (QED) is 0.0535. The van der Waals surface area contributed by atoms with E-state index in [2.05, 4.69) is 13.5 Å². The number of ether oxygens (including phenoxy) is 10. The number of carbonyl (C=O) groups is 1. The minimum Gasteiger partial charge on any atom is -0.432 e. The van der Waals surface area contributed by atoms with Gasteiger partial charge in [0.05, 0.1) is 44.6 Å². The minimum atomic E-state index is -2.04. The van der Waals surface area contributed by atoms with Crippen LogP contribution in [0.1, 0.15) is 71.6 Å². The van der Waals surface area contributed by atoms with Crippen LogP contribution >= 0.6 is 0 Å². The zero-order valence-corrected chi connectivity index (χ0v) is 43.4. The molecule has 0 aromatic rings. The number of aliphatic hydroxyl groups excluding tert-OH is 17. The molecule has 5 saturated heterocycles. The fourth-order valence-electron chi connectivity index (χ4n) is 13.7. The van der Waals surface area contributed by atoms with Crippen LogP contribution in [0.15, 0.2) is 12.2 Å². The number of hydrogen-bond donors (Lipinski definition) is 17. The van der Waals surface area contributed by atoms with E-state index in [4.69, 9.17) is 47.4 Å². The number of carbonyl (C=O) groups excluding carboxylic acids is 1. The van der Waals surface area contributed by atoms with E-state index in [1.807, 2.05) is 0 Å². The molecule has 0 aromatic heterocycles. The van der Waals surface area contributed by atoms with Crippen molar-refractivity contribution in [3.8, 4) is 0 Å². The Bertz CT molecular complexity index is 1970. The number of hydrogen-bond acceptors (Lipinski definition) is 28. The van der Waals surface area contributed by atoms with E-state index in [1.165, 1.54) is 0 Å². The molecule has 78 heavy (non-hydrogen) atoms. The van der Waals surface area contributed by atoms with Gasteiger partial charge in [0, 0.05) is 0 Å². The molecule has 3 aliphatic carbocycles. The molecule has 8 aliphatic rings. The summed E-state index contributed by atoms with van der Waals surface area (Å²) in [6, 6.07) is 0. The largest absolute Gasteiger partial charge is 0.432 e. The molecule has 0 amide bonds. The second kappa shape index (κ2) is 25.6. The summed E-state index contributed by atoms with van der Waals surface area (Å²) in [5.41, 5.74) is -1.11. The average Bonchev–Trinajstić information content (AvgIpc) is 3.55. The van der Waals surface area contributed by atoms with Gasteiger partial charge < -0.3 is 134 Å². The summed E-state index contributed by atoms with van der Waals surface area (Å²) in [4.78, 5) is 15.2. The van der Waals surface area contributed by atoms with Crippen LogP contribution in [0, 0.1) is 28.6 Å². The molecule has 31 atom stereocenters. The summed E-state index contributed by atoms with van der Waals surface area (Å²) in [5, 5.41) is 180. The fourth-order valence-corrected chi connectivity index (χ4v) is 13.7. The van der Waals surface area contributed by atoms with Crippen molar-refractivity contribution in [1.82, 2.24) is 0 Å². The summed E-state index contributed by atoms with van der Waals surface area (Å²) < 4.78 is 59.2. The molecule has 0 bridgehead atoms. The van der Waals surface area contributed by atoms with Gasteiger partial charge >= 0.3 is 5.97 Å². The molecule has 28 nitrogen and oxygen atoms in total. The van der Waals surface area contributed by atoms with Crippen molar-refractivity contribution in [3.63, 3.8) is 0 Å². The molecular weight excluding hydrogens is 1050 g/mol. The van der Waals surface area contributed by atoms with Gasteiger partial charge in [-0.05, 0) is 87.0 Å². The van der Waals surface area contributed by atoms with Gasteiger partial charge in [0.2, 0.25) is 6.29 Å². The van der Waals surface area contributed by atoms with Crippen molar-refractivity contribution in [2.75, 3.05) is 33.0 Å². The zero-order valence-electron chi connectivity index (χ0n) is 43.4. The standard InChI is InChI=1S/C50H82O28/c1-18-5-6-19-7-10-27-49(2,20(19)8-9-21(18)69-46-39(67)40(31(59)25(16-54)73-46)75-43-36(64)33(61)28(56)22(13-51)70-43)11-4-12-50(27,3)48(68)78-47-42(77-45-38(66)35(63)30(58)24(15-53)72-45)41(32(60)26(17-55)74-47)76-44-37(65)34(62)29(57)23(14-52)71-44/h19-47,51-67H,1,4-17H2,2-3H3/t19-,20+,21+,22?,23?,24?,25?,26?,27?,28?,29?,30?,31?,32?,33?,34?,35?,36?,37?,38?,39?,40?,41?,42?,43?,44?,45?,46?,47?,49-,50+/m0/s1. The first-order valence-electron chi connectivity index (χ1n) is 27.0. The molecule has 3 saturated carbocycles. The van der Waals surface area contributed by atoms with E-state index in [0.717, 1.165) is 0 Å². The smallest absolute Gasteiger partial charge is 0.314 e. The molecule has 5 heterocycles. The molecule has 450 valence electrons. The summed E-state index contributed by atoms with van der Waals surface area (Å²) >= 11 is 0. The van der Waals surface area contributed by atoms with Crippen LogP contribution in [0.2, 0.25) is 0 Å². The lowest BCUT2D eigenvalue weighted by atomic mass is 9.45. The third-order valence-electron chi connectivity index (χ3n) is 18.3. The van der Waals surface area contributed by atoms with Crippen molar-refractivity contribution in [2.24, 2.45) is 28.6 Å². The van der Waals surface area contributed by atoms with Crippen LogP contribution in [0.25, 0.3) is 0 Å². The molecule has 28 heteroatoms. The van der Waals surface area contributed by atoms with Gasteiger partial charge in [-0.15, -0.1) is 0 Å². The Morgan fingerprint density at radius 2 is 0.897 bits per heavy atom. The zero-order chi connectivity index (χ0) is 56.9. The first kappa shape index (κ1) is 62.2. The van der Waals surface area contributed by atoms with Gasteiger partial charge in [-0.2, -0.15) is 0 Å². The Kier molecular flexibility index (Phi) is 20.4. The summed E-state index contributed by atoms with van der Waals surface area (Å²) in [7, 11) is 0. The first-order valence-corrected chi connectivity index (χ1v) is 27.0. The number of fused-ring (bicyclic) bond motifs is 3. The molecule has 0 aromatic carbocycles. The molecule has 0 radical (unpaired) electrons. The van der Waals surface area contributed by atoms with Gasteiger partial charge in [0.25, 0.3) is 0 Å². The van der Waals surface area contributed by atoms with Gasteiger partial charge in [-0.3, -0.25) is 4.79 Å². The Morgan fingerprint density at radius 3 is 1.38 bits per heavy atom. The summed E-state index contributed by atoms with van der Waals surface area (Å²) in [5.74, 6) is -1.02. The second-order valence-electron chi connectivity index (χ2n) is 22.9. The molecule has 8 rings (SSSR count). The number of rotatable bonds is 15. The maximum absolute atomic E-state index is 15.2. The van der Waals surface area contributed by atoms with Crippen molar-refractivity contribution in [3.05, 3.63) is 12.2 Å². The predicted molar refractivity (Wildman–Crippen MR) is 254 cm³/mol. The maximum atomic E-state index is 15.2. The van der Waals surface area contributed by atoms with E-state index < -0.39 is 209 Å². The van der Waals surface area contributed by atoms with Gasteiger partial charge in [0.1, 0.15) is 116 Å². The molecule has 26 unspecified atom stereocenters. The highest BCUT2D eigenvalue weighted by Crippen LogP contribution is 2.64. The fraction of sp³-hybridized carbons (Fsp3) is 0.940. The molecule has 0 spiro atoms. The lowest BCUT2D eigenvalue weighted by molar-refractivity contribution is -0.388. The third-order valence-corrected chi connectivity index (χ3v) is 18.3. The van der Waals surface area contributed by atoms with Crippen molar-refractivity contribution >= 4 is 5.97 Å². The topological polar surface area (TPSA) is 453 Å². The van der Waals surface area contributed by atoms with Crippen molar-refractivity contribution in [1.29, 1.82) is 0 Å². The maximum Gasteiger partial charge on any atom is 0.314 e. The van der Waals surface area contributed by atoms with Crippen LogP contribution in [0.4, 0.5) is 0 Å². The Morgan fingerprint density at radius 1 is 0.474 bits per heavy atom. The lowest BCUT2D eigenvalue weighted by Gasteiger charge is -2.60. The summed E-state index contributed by atoms with van der Waals surface area (Å²) in [6.07, 6.45) is -40.2. The van der Waals surface area contributed by atoms with Crippen LogP contribution in [0.5, 0.6) is 0 Å². The number of aliphatic hydroxyl groups is 17. The molecule has 5 aliphatic heterocycles. The predicted octanol–water partition coefficient (Wildman–Crippen LogP) is -7.04. The van der Waals surface area contributed by atoms with Crippen LogP contribution in [-0.4, -0.2) is 285 Å². The van der Waals surface area contributed by atoms with Crippen LogP contribution < -0.4 is 0 Å². The average molecular weight is 1130 g/mol. The highest BCUT2D eigenvalue weighted by Gasteiger charge is 2.62. The van der Waals surface area contributed by atoms with Crippen molar-refractivity contribution in [2.45, 2.75) is 231 Å².